The van der Waals surface area contributed by atoms with Crippen molar-refractivity contribution in [2.75, 3.05) is 7.11 Å². The summed E-state index contributed by atoms with van der Waals surface area (Å²) in [7, 11) is 1.60. The fraction of sp³-hybridized carbons (Fsp3) is 0.400. The van der Waals surface area contributed by atoms with Gasteiger partial charge >= 0.3 is 0 Å². The van der Waals surface area contributed by atoms with Crippen LogP contribution in [0.15, 0.2) is 39.3 Å². The molecule has 3 aromatic rings. The number of hydrogen-bond donors (Lipinski definition) is 1. The normalized spacial score (nSPS) is 12.2. The van der Waals surface area contributed by atoms with Crippen LogP contribution in [0, 0.1) is 12.8 Å². The van der Waals surface area contributed by atoms with E-state index in [4.69, 9.17) is 13.7 Å². The van der Waals surface area contributed by atoms with Crippen molar-refractivity contribution in [3.8, 4) is 17.1 Å². The largest absolute Gasteiger partial charge is 0.497 e. The van der Waals surface area contributed by atoms with Crippen LogP contribution in [0.25, 0.3) is 11.3 Å². The van der Waals surface area contributed by atoms with Crippen molar-refractivity contribution < 1.29 is 18.5 Å². The molecular weight excluding hydrogens is 360 g/mol. The minimum absolute atomic E-state index is 0.0924. The average Bonchev–Trinajstić information content (AvgIpc) is 3.30. The molecule has 0 bridgehead atoms. The summed E-state index contributed by atoms with van der Waals surface area (Å²) >= 11 is 0. The number of nitrogens with zero attached hydrogens (tertiary/aromatic N) is 3. The predicted molar refractivity (Wildman–Crippen MR) is 102 cm³/mol. The Bertz CT molecular complexity index is 932. The first-order chi connectivity index (χ1) is 13.4. The number of methoxy groups -OCH3 is 1. The highest BCUT2D eigenvalue weighted by Gasteiger charge is 2.22. The summed E-state index contributed by atoms with van der Waals surface area (Å²) in [5.41, 5.74) is 1.37. The molecule has 0 spiro atoms. The van der Waals surface area contributed by atoms with E-state index >= 15 is 0 Å². The molecule has 0 aliphatic heterocycles. The van der Waals surface area contributed by atoms with Gasteiger partial charge in [-0.05, 0) is 24.5 Å². The molecule has 0 fully saturated rings. The van der Waals surface area contributed by atoms with Crippen molar-refractivity contribution in [3.05, 3.63) is 47.8 Å². The molecule has 1 N–H and O–H groups in total. The van der Waals surface area contributed by atoms with Crippen molar-refractivity contribution in [1.82, 2.24) is 20.7 Å². The van der Waals surface area contributed by atoms with Gasteiger partial charge in [-0.25, -0.2) is 0 Å². The Labute approximate surface area is 163 Å². The first kappa shape index (κ1) is 19.6. The SMILES string of the molecule is COc1cccc(-c2cc(CC(=O)NC(CC(C)C)c3nnc(C)o3)no2)c1. The van der Waals surface area contributed by atoms with E-state index in [-0.39, 0.29) is 18.4 Å². The van der Waals surface area contributed by atoms with Gasteiger partial charge in [0, 0.05) is 18.6 Å². The molecule has 1 atom stereocenters. The number of nitrogens with one attached hydrogen (secondary N) is 1. The number of amides is 1. The Morgan fingerprint density at radius 2 is 2.07 bits per heavy atom. The molecule has 0 aliphatic rings. The lowest BCUT2D eigenvalue weighted by Gasteiger charge is -2.16. The second-order valence-electron chi connectivity index (χ2n) is 7.00. The standard InChI is InChI=1S/C20H24N4O4/c1-12(2)8-17(20-23-22-13(3)27-20)21-19(25)11-15-10-18(28-24-15)14-6-5-7-16(9-14)26-4/h5-7,9-10,12,17H,8,11H2,1-4H3,(H,21,25). The van der Waals surface area contributed by atoms with E-state index in [1.54, 1.807) is 20.1 Å². The van der Waals surface area contributed by atoms with Crippen LogP contribution >= 0.6 is 0 Å². The maximum atomic E-state index is 12.5. The number of aryl methyl sites for hydroxylation is 1. The number of rotatable bonds is 8. The van der Waals surface area contributed by atoms with Gasteiger partial charge in [-0.15, -0.1) is 10.2 Å². The van der Waals surface area contributed by atoms with Gasteiger partial charge in [-0.1, -0.05) is 31.1 Å². The number of aromatic nitrogens is 3. The maximum absolute atomic E-state index is 12.5. The molecule has 2 aromatic heterocycles. The van der Waals surface area contributed by atoms with Gasteiger partial charge in [-0.2, -0.15) is 0 Å². The zero-order valence-electron chi connectivity index (χ0n) is 16.4. The molecule has 28 heavy (non-hydrogen) atoms. The van der Waals surface area contributed by atoms with Crippen LogP contribution in [0.1, 0.15) is 43.8 Å². The van der Waals surface area contributed by atoms with Crippen LogP contribution in [0.2, 0.25) is 0 Å². The highest BCUT2D eigenvalue weighted by molar-refractivity contribution is 5.78. The quantitative estimate of drug-likeness (QED) is 0.634. The zero-order valence-corrected chi connectivity index (χ0v) is 16.4. The van der Waals surface area contributed by atoms with E-state index in [1.807, 2.05) is 24.3 Å². The van der Waals surface area contributed by atoms with E-state index in [1.165, 1.54) is 0 Å². The summed E-state index contributed by atoms with van der Waals surface area (Å²) in [5, 5.41) is 14.9. The maximum Gasteiger partial charge on any atom is 0.238 e. The first-order valence-corrected chi connectivity index (χ1v) is 9.14. The van der Waals surface area contributed by atoms with Gasteiger partial charge in [-0.3, -0.25) is 4.79 Å². The minimum atomic E-state index is -0.335. The van der Waals surface area contributed by atoms with Crippen LogP contribution in [0.4, 0.5) is 0 Å². The molecule has 8 heteroatoms. The summed E-state index contributed by atoms with van der Waals surface area (Å²) < 4.78 is 16.1. The molecule has 0 saturated heterocycles. The second kappa shape index (κ2) is 8.69. The van der Waals surface area contributed by atoms with Crippen molar-refractivity contribution in [2.24, 2.45) is 5.92 Å². The Morgan fingerprint density at radius 3 is 2.75 bits per heavy atom. The number of benzene rings is 1. The molecule has 2 heterocycles. The van der Waals surface area contributed by atoms with E-state index in [0.29, 0.717) is 35.6 Å². The lowest BCUT2D eigenvalue weighted by Crippen LogP contribution is -2.31. The number of carbonyl (C=O) groups is 1. The highest BCUT2D eigenvalue weighted by atomic mass is 16.5. The summed E-state index contributed by atoms with van der Waals surface area (Å²) in [6.45, 7) is 5.86. The zero-order chi connectivity index (χ0) is 20.1. The molecule has 8 nitrogen and oxygen atoms in total. The van der Waals surface area contributed by atoms with Gasteiger partial charge in [0.1, 0.15) is 11.8 Å². The smallest absolute Gasteiger partial charge is 0.238 e. The number of hydrogen-bond acceptors (Lipinski definition) is 7. The van der Waals surface area contributed by atoms with E-state index < -0.39 is 0 Å². The number of ether oxygens (including phenoxy) is 1. The fourth-order valence-electron chi connectivity index (χ4n) is 2.86. The van der Waals surface area contributed by atoms with E-state index in [0.717, 1.165) is 11.3 Å². The molecule has 1 aromatic carbocycles. The van der Waals surface area contributed by atoms with Gasteiger partial charge in [0.2, 0.25) is 17.7 Å². The molecule has 1 unspecified atom stereocenters. The average molecular weight is 384 g/mol. The Hall–Kier alpha value is -3.16. The Balaban J connectivity index is 1.67. The van der Waals surface area contributed by atoms with E-state index in [2.05, 4.69) is 34.5 Å². The summed E-state index contributed by atoms with van der Waals surface area (Å²) in [6.07, 6.45) is 0.788. The van der Waals surface area contributed by atoms with Crippen LogP contribution in [-0.2, 0) is 11.2 Å². The number of carbonyl (C=O) groups excluding carboxylic acids is 1. The van der Waals surface area contributed by atoms with Crippen LogP contribution in [0.5, 0.6) is 5.75 Å². The van der Waals surface area contributed by atoms with Gasteiger partial charge in [0.25, 0.3) is 0 Å². The van der Waals surface area contributed by atoms with Crippen molar-refractivity contribution in [1.29, 1.82) is 0 Å². The monoisotopic (exact) mass is 384 g/mol. The lowest BCUT2D eigenvalue weighted by atomic mass is 10.0. The lowest BCUT2D eigenvalue weighted by molar-refractivity contribution is -0.121. The molecule has 148 valence electrons. The Kier molecular flexibility index (Phi) is 6.08. The van der Waals surface area contributed by atoms with Crippen LogP contribution in [0.3, 0.4) is 0 Å². The molecule has 0 saturated carbocycles. The fourth-order valence-corrected chi connectivity index (χ4v) is 2.86. The summed E-state index contributed by atoms with van der Waals surface area (Å²) in [5.74, 6) is 2.35. The highest BCUT2D eigenvalue weighted by Crippen LogP contribution is 2.25. The van der Waals surface area contributed by atoms with Crippen LogP contribution in [-0.4, -0.2) is 28.4 Å². The topological polar surface area (TPSA) is 103 Å². The molecule has 0 aliphatic carbocycles. The predicted octanol–water partition coefficient (Wildman–Crippen LogP) is 3.49. The minimum Gasteiger partial charge on any atom is -0.497 e. The third kappa shape index (κ3) is 4.97. The van der Waals surface area contributed by atoms with Crippen molar-refractivity contribution in [3.63, 3.8) is 0 Å². The summed E-state index contributed by atoms with van der Waals surface area (Å²) in [4.78, 5) is 12.5. The molecule has 1 amide bonds. The van der Waals surface area contributed by atoms with Gasteiger partial charge in [0.05, 0.1) is 19.2 Å². The van der Waals surface area contributed by atoms with Gasteiger partial charge in [0.15, 0.2) is 5.76 Å². The molecule has 3 rings (SSSR count). The summed E-state index contributed by atoms with van der Waals surface area (Å²) in [6, 6.07) is 8.87. The van der Waals surface area contributed by atoms with Crippen LogP contribution < -0.4 is 10.1 Å². The van der Waals surface area contributed by atoms with E-state index in [9.17, 15) is 4.79 Å². The molecular formula is C20H24N4O4. The second-order valence-corrected chi connectivity index (χ2v) is 7.00. The first-order valence-electron chi connectivity index (χ1n) is 9.14. The van der Waals surface area contributed by atoms with Crippen molar-refractivity contribution in [2.45, 2.75) is 39.7 Å². The third-order valence-corrected chi connectivity index (χ3v) is 4.14. The van der Waals surface area contributed by atoms with Crippen molar-refractivity contribution >= 4 is 5.91 Å². The molecule has 0 radical (unpaired) electrons. The van der Waals surface area contributed by atoms with Gasteiger partial charge < -0.3 is 19.0 Å². The third-order valence-electron chi connectivity index (χ3n) is 4.14. The Morgan fingerprint density at radius 1 is 1.25 bits per heavy atom.